The maximum Gasteiger partial charge on any atom is 0.150 e. The Balaban J connectivity index is 1.86. The molecule has 2 heterocycles. The van der Waals surface area contributed by atoms with Gasteiger partial charge < -0.3 is 4.74 Å². The zero-order valence-electron chi connectivity index (χ0n) is 9.33. The summed E-state index contributed by atoms with van der Waals surface area (Å²) in [6.07, 6.45) is 6.93. The molecular weight excluding hydrogens is 190 g/mol. The molecule has 2 rings (SSSR count). The molecule has 1 fully saturated rings. The van der Waals surface area contributed by atoms with E-state index in [1.807, 2.05) is 0 Å². The Morgan fingerprint density at radius 1 is 1.47 bits per heavy atom. The molecule has 1 unspecified atom stereocenters. The van der Waals surface area contributed by atoms with Crippen molar-refractivity contribution in [1.29, 1.82) is 0 Å². The fraction of sp³-hybridized carbons (Fsp3) is 0.818. The van der Waals surface area contributed by atoms with Gasteiger partial charge in [-0.25, -0.2) is 4.98 Å². The summed E-state index contributed by atoms with van der Waals surface area (Å²) in [6, 6.07) is 0. The molecule has 0 bridgehead atoms. The molecular formula is C11H19N3O. The number of H-pyrrole nitrogens is 1. The van der Waals surface area contributed by atoms with Crippen LogP contribution in [0.2, 0.25) is 0 Å². The van der Waals surface area contributed by atoms with Gasteiger partial charge in [-0.3, -0.25) is 5.10 Å². The summed E-state index contributed by atoms with van der Waals surface area (Å²) in [4.78, 5) is 4.45. The van der Waals surface area contributed by atoms with Crippen molar-refractivity contribution in [1.82, 2.24) is 15.2 Å². The first-order valence-electron chi connectivity index (χ1n) is 5.90. The first-order valence-corrected chi connectivity index (χ1v) is 5.90. The maximum atomic E-state index is 5.66. The third-order valence-electron chi connectivity index (χ3n) is 2.75. The number of rotatable bonds is 4. The maximum absolute atomic E-state index is 5.66. The minimum Gasteiger partial charge on any atom is -0.378 e. The Morgan fingerprint density at radius 2 is 2.40 bits per heavy atom. The lowest BCUT2D eigenvalue weighted by Crippen LogP contribution is -2.21. The summed E-state index contributed by atoms with van der Waals surface area (Å²) in [5, 5.41) is 7.18. The lowest BCUT2D eigenvalue weighted by Gasteiger charge is -2.21. The van der Waals surface area contributed by atoms with Crippen molar-refractivity contribution in [3.05, 3.63) is 11.6 Å². The van der Waals surface area contributed by atoms with E-state index < -0.39 is 0 Å². The molecule has 0 amide bonds. The van der Waals surface area contributed by atoms with Crippen molar-refractivity contribution in [2.45, 2.75) is 51.6 Å². The molecule has 1 aliphatic heterocycles. The summed E-state index contributed by atoms with van der Waals surface area (Å²) in [7, 11) is 0. The number of hydrogen-bond acceptors (Lipinski definition) is 3. The Morgan fingerprint density at radius 3 is 3.13 bits per heavy atom. The molecule has 1 saturated heterocycles. The van der Waals surface area contributed by atoms with E-state index in [0.717, 1.165) is 43.9 Å². The molecule has 4 nitrogen and oxygen atoms in total. The lowest BCUT2D eigenvalue weighted by atomic mass is 10.1. The van der Waals surface area contributed by atoms with E-state index in [1.54, 1.807) is 0 Å². The highest BCUT2D eigenvalue weighted by molar-refractivity contribution is 4.92. The van der Waals surface area contributed by atoms with E-state index in [1.165, 1.54) is 12.8 Å². The zero-order valence-corrected chi connectivity index (χ0v) is 9.33. The van der Waals surface area contributed by atoms with E-state index in [-0.39, 0.29) is 0 Å². The Kier molecular flexibility index (Phi) is 3.72. The van der Waals surface area contributed by atoms with Gasteiger partial charge in [0.15, 0.2) is 5.82 Å². The van der Waals surface area contributed by atoms with Gasteiger partial charge in [-0.05, 0) is 25.7 Å². The van der Waals surface area contributed by atoms with Crippen LogP contribution in [0.25, 0.3) is 0 Å². The summed E-state index contributed by atoms with van der Waals surface area (Å²) >= 11 is 0. The van der Waals surface area contributed by atoms with Crippen LogP contribution in [0.1, 0.15) is 44.3 Å². The number of nitrogens with one attached hydrogen (secondary N) is 1. The molecule has 1 atom stereocenters. The van der Waals surface area contributed by atoms with E-state index >= 15 is 0 Å². The summed E-state index contributed by atoms with van der Waals surface area (Å²) in [5.41, 5.74) is 0. The quantitative estimate of drug-likeness (QED) is 0.823. The highest BCUT2D eigenvalue weighted by Gasteiger charge is 2.16. The third-order valence-corrected chi connectivity index (χ3v) is 2.75. The largest absolute Gasteiger partial charge is 0.378 e. The van der Waals surface area contributed by atoms with Crippen molar-refractivity contribution in [2.75, 3.05) is 6.61 Å². The predicted octanol–water partition coefficient (Wildman–Crippen LogP) is 1.87. The molecule has 0 saturated carbocycles. The number of aryl methyl sites for hydroxylation is 1. The van der Waals surface area contributed by atoms with Crippen LogP contribution in [-0.2, 0) is 17.6 Å². The molecule has 0 aromatic carbocycles. The molecule has 4 heteroatoms. The number of hydrogen-bond donors (Lipinski definition) is 1. The SMILES string of the molecule is CCCc1n[nH]c(CC2CCCCO2)n1. The first-order chi connectivity index (χ1) is 7.38. The highest BCUT2D eigenvalue weighted by atomic mass is 16.5. The first kappa shape index (κ1) is 10.6. The van der Waals surface area contributed by atoms with Crippen LogP contribution in [-0.4, -0.2) is 27.9 Å². The fourth-order valence-electron chi connectivity index (χ4n) is 1.95. The lowest BCUT2D eigenvalue weighted by molar-refractivity contribution is 0.0157. The molecule has 1 N–H and O–H groups in total. The van der Waals surface area contributed by atoms with Crippen molar-refractivity contribution < 1.29 is 4.74 Å². The summed E-state index contributed by atoms with van der Waals surface area (Å²) < 4.78 is 5.66. The standard InChI is InChI=1S/C11H19N3O/c1-2-5-10-12-11(14-13-10)8-9-6-3-4-7-15-9/h9H,2-8H2,1H3,(H,12,13,14). The molecule has 1 aromatic heterocycles. The number of ether oxygens (including phenoxy) is 1. The van der Waals surface area contributed by atoms with E-state index in [0.29, 0.717) is 6.10 Å². The number of aromatic amines is 1. The van der Waals surface area contributed by atoms with Gasteiger partial charge in [0.25, 0.3) is 0 Å². The van der Waals surface area contributed by atoms with Crippen molar-refractivity contribution in [3.63, 3.8) is 0 Å². The second-order valence-corrected chi connectivity index (χ2v) is 4.14. The molecule has 1 aliphatic rings. The van der Waals surface area contributed by atoms with Crippen LogP contribution in [0.3, 0.4) is 0 Å². The van der Waals surface area contributed by atoms with E-state index in [2.05, 4.69) is 22.1 Å². The van der Waals surface area contributed by atoms with Gasteiger partial charge >= 0.3 is 0 Å². The van der Waals surface area contributed by atoms with Gasteiger partial charge in [0, 0.05) is 19.4 Å². The second-order valence-electron chi connectivity index (χ2n) is 4.14. The predicted molar refractivity (Wildman–Crippen MR) is 57.7 cm³/mol. The molecule has 1 aromatic rings. The van der Waals surface area contributed by atoms with Crippen molar-refractivity contribution >= 4 is 0 Å². The van der Waals surface area contributed by atoms with Crippen LogP contribution in [0.4, 0.5) is 0 Å². The van der Waals surface area contributed by atoms with Gasteiger partial charge in [0.2, 0.25) is 0 Å². The van der Waals surface area contributed by atoms with Crippen LogP contribution < -0.4 is 0 Å². The van der Waals surface area contributed by atoms with Gasteiger partial charge in [-0.15, -0.1) is 0 Å². The molecule has 0 aliphatic carbocycles. The van der Waals surface area contributed by atoms with E-state index in [9.17, 15) is 0 Å². The molecule has 84 valence electrons. The Hall–Kier alpha value is -0.900. The van der Waals surface area contributed by atoms with Crippen LogP contribution >= 0.6 is 0 Å². The van der Waals surface area contributed by atoms with Gasteiger partial charge in [-0.1, -0.05) is 6.92 Å². The van der Waals surface area contributed by atoms with Crippen LogP contribution in [0.15, 0.2) is 0 Å². The third kappa shape index (κ3) is 3.02. The molecule has 0 spiro atoms. The Labute approximate surface area is 90.4 Å². The topological polar surface area (TPSA) is 50.8 Å². The second kappa shape index (κ2) is 5.26. The van der Waals surface area contributed by atoms with E-state index in [4.69, 9.17) is 4.74 Å². The van der Waals surface area contributed by atoms with Gasteiger partial charge in [0.1, 0.15) is 5.82 Å². The highest BCUT2D eigenvalue weighted by Crippen LogP contribution is 2.15. The summed E-state index contributed by atoms with van der Waals surface area (Å²) in [6.45, 7) is 3.04. The normalized spacial score (nSPS) is 21.8. The average Bonchev–Trinajstić information content (AvgIpc) is 2.68. The van der Waals surface area contributed by atoms with Crippen LogP contribution in [0.5, 0.6) is 0 Å². The van der Waals surface area contributed by atoms with Crippen molar-refractivity contribution in [3.8, 4) is 0 Å². The Bertz CT molecular complexity index is 292. The van der Waals surface area contributed by atoms with Gasteiger partial charge in [-0.2, -0.15) is 5.10 Å². The smallest absolute Gasteiger partial charge is 0.150 e. The molecule has 0 radical (unpaired) electrons. The number of aromatic nitrogens is 3. The van der Waals surface area contributed by atoms with Gasteiger partial charge in [0.05, 0.1) is 6.10 Å². The van der Waals surface area contributed by atoms with Crippen LogP contribution in [0, 0.1) is 0 Å². The molecule has 15 heavy (non-hydrogen) atoms. The summed E-state index contributed by atoms with van der Waals surface area (Å²) in [5.74, 6) is 1.91. The fourth-order valence-corrected chi connectivity index (χ4v) is 1.95. The minimum atomic E-state index is 0.348. The number of nitrogens with zero attached hydrogens (tertiary/aromatic N) is 2. The van der Waals surface area contributed by atoms with Crippen molar-refractivity contribution in [2.24, 2.45) is 0 Å². The monoisotopic (exact) mass is 209 g/mol. The minimum absolute atomic E-state index is 0.348. The average molecular weight is 209 g/mol. The zero-order chi connectivity index (χ0) is 10.5.